The van der Waals surface area contributed by atoms with Gasteiger partial charge in [0, 0.05) is 25.3 Å². The summed E-state index contributed by atoms with van der Waals surface area (Å²) in [5.41, 5.74) is 1.56. The quantitative estimate of drug-likeness (QED) is 0.689. The summed E-state index contributed by atoms with van der Waals surface area (Å²) in [6.07, 6.45) is 0.267. The molecule has 1 aliphatic heterocycles. The molecule has 2 aromatic carbocycles. The summed E-state index contributed by atoms with van der Waals surface area (Å²) in [4.78, 5) is 29.7. The highest BCUT2D eigenvalue weighted by molar-refractivity contribution is 5.90. The van der Waals surface area contributed by atoms with Gasteiger partial charge in [0.05, 0.1) is 33.8 Å². The molecule has 1 atom stereocenters. The Morgan fingerprint density at radius 3 is 2.27 bits per heavy atom. The van der Waals surface area contributed by atoms with Crippen molar-refractivity contribution in [2.24, 2.45) is 5.92 Å². The number of nitrogens with one attached hydrogen (secondary N) is 1. The van der Waals surface area contributed by atoms with Crippen LogP contribution >= 0.6 is 0 Å². The van der Waals surface area contributed by atoms with Crippen molar-refractivity contribution in [3.05, 3.63) is 48.0 Å². The predicted molar refractivity (Wildman–Crippen MR) is 127 cm³/mol. The number of carbonyl (C=O) groups excluding carboxylic acids is 2. The Hall–Kier alpha value is -3.42. The molecule has 8 nitrogen and oxygen atoms in total. The van der Waals surface area contributed by atoms with Gasteiger partial charge in [-0.05, 0) is 47.9 Å². The van der Waals surface area contributed by atoms with E-state index in [1.54, 1.807) is 39.5 Å². The minimum Gasteiger partial charge on any atom is -0.497 e. The monoisotopic (exact) mass is 455 g/mol. The van der Waals surface area contributed by atoms with Gasteiger partial charge in [0.1, 0.15) is 5.75 Å². The van der Waals surface area contributed by atoms with Crippen LogP contribution in [0.5, 0.6) is 17.2 Å². The first kappa shape index (κ1) is 24.2. The molecule has 1 aliphatic rings. The van der Waals surface area contributed by atoms with Crippen LogP contribution in [0.25, 0.3) is 0 Å². The third-order valence-electron chi connectivity index (χ3n) is 5.95. The van der Waals surface area contributed by atoms with Crippen LogP contribution in [0.3, 0.4) is 0 Å². The van der Waals surface area contributed by atoms with E-state index in [0.717, 1.165) is 11.3 Å². The summed E-state index contributed by atoms with van der Waals surface area (Å²) < 4.78 is 15.8. The summed E-state index contributed by atoms with van der Waals surface area (Å²) >= 11 is 0. The highest BCUT2D eigenvalue weighted by atomic mass is 16.5. The number of hydrogen-bond acceptors (Lipinski definition) is 5. The number of piperazine rings is 1. The van der Waals surface area contributed by atoms with E-state index >= 15 is 0 Å². The zero-order chi connectivity index (χ0) is 24.0. The van der Waals surface area contributed by atoms with E-state index < -0.39 is 0 Å². The molecule has 2 aromatic rings. The molecule has 1 fully saturated rings. The zero-order valence-corrected chi connectivity index (χ0v) is 20.0. The summed E-state index contributed by atoms with van der Waals surface area (Å²) in [5, 5.41) is 2.96. The molecule has 0 aromatic heterocycles. The second-order valence-electron chi connectivity index (χ2n) is 8.37. The fraction of sp³-hybridized carbons (Fsp3) is 0.440. The topological polar surface area (TPSA) is 80.3 Å². The van der Waals surface area contributed by atoms with E-state index in [1.165, 1.54) is 0 Å². The molecule has 0 spiro atoms. The van der Waals surface area contributed by atoms with Gasteiger partial charge in [0.15, 0.2) is 11.5 Å². The molecule has 1 unspecified atom stereocenters. The first-order valence-corrected chi connectivity index (χ1v) is 11.1. The van der Waals surface area contributed by atoms with Gasteiger partial charge in [-0.2, -0.15) is 0 Å². The second-order valence-corrected chi connectivity index (χ2v) is 8.37. The van der Waals surface area contributed by atoms with Gasteiger partial charge in [0.2, 0.25) is 5.91 Å². The summed E-state index contributed by atoms with van der Waals surface area (Å²) in [6.45, 7) is 5.61. The predicted octanol–water partition coefficient (Wildman–Crippen LogP) is 3.66. The molecule has 0 radical (unpaired) electrons. The number of benzene rings is 2. The summed E-state index contributed by atoms with van der Waals surface area (Å²) in [5.74, 6) is 2.19. The van der Waals surface area contributed by atoms with Gasteiger partial charge in [-0.15, -0.1) is 0 Å². The minimum absolute atomic E-state index is 0.0306. The van der Waals surface area contributed by atoms with E-state index in [-0.39, 0.29) is 30.3 Å². The number of methoxy groups -OCH3 is 3. The van der Waals surface area contributed by atoms with Gasteiger partial charge < -0.3 is 29.3 Å². The van der Waals surface area contributed by atoms with Gasteiger partial charge >= 0.3 is 6.03 Å². The average molecular weight is 456 g/mol. The SMILES string of the molecule is COc1ccc(NC(=O)N2CCN(C(=O)Cc3ccc(OC)c(OC)c3)CC2C(C)C)cc1. The molecule has 3 rings (SSSR count). The molecular formula is C25H33N3O5. The molecule has 1 saturated heterocycles. The Morgan fingerprint density at radius 1 is 0.970 bits per heavy atom. The second kappa shape index (κ2) is 10.9. The van der Waals surface area contributed by atoms with Crippen LogP contribution in [-0.4, -0.2) is 68.7 Å². The highest BCUT2D eigenvalue weighted by Crippen LogP contribution is 2.28. The van der Waals surface area contributed by atoms with Crippen LogP contribution in [0.15, 0.2) is 42.5 Å². The maximum Gasteiger partial charge on any atom is 0.322 e. The molecule has 1 heterocycles. The lowest BCUT2D eigenvalue weighted by Gasteiger charge is -2.43. The molecule has 3 amide bonds. The summed E-state index contributed by atoms with van der Waals surface area (Å²) in [7, 11) is 4.76. The third kappa shape index (κ3) is 5.88. The van der Waals surface area contributed by atoms with Gasteiger partial charge in [-0.1, -0.05) is 19.9 Å². The number of ether oxygens (including phenoxy) is 3. The third-order valence-corrected chi connectivity index (χ3v) is 5.95. The highest BCUT2D eigenvalue weighted by Gasteiger charge is 2.34. The van der Waals surface area contributed by atoms with Crippen LogP contribution in [0, 0.1) is 5.92 Å². The number of rotatable bonds is 7. The fourth-order valence-corrected chi connectivity index (χ4v) is 4.01. The Balaban J connectivity index is 1.64. The zero-order valence-electron chi connectivity index (χ0n) is 20.0. The van der Waals surface area contributed by atoms with Crippen molar-refractivity contribution >= 4 is 17.6 Å². The smallest absolute Gasteiger partial charge is 0.322 e. The average Bonchev–Trinajstić information content (AvgIpc) is 2.83. The van der Waals surface area contributed by atoms with E-state index in [1.807, 2.05) is 34.1 Å². The minimum atomic E-state index is -0.161. The first-order chi connectivity index (χ1) is 15.9. The van der Waals surface area contributed by atoms with Crippen LogP contribution in [-0.2, 0) is 11.2 Å². The number of urea groups is 1. The lowest BCUT2D eigenvalue weighted by molar-refractivity contribution is -0.133. The molecule has 178 valence electrons. The van der Waals surface area contributed by atoms with Crippen molar-refractivity contribution in [2.75, 3.05) is 46.3 Å². The van der Waals surface area contributed by atoms with E-state index in [9.17, 15) is 9.59 Å². The van der Waals surface area contributed by atoms with Gasteiger partial charge in [-0.3, -0.25) is 4.79 Å². The first-order valence-electron chi connectivity index (χ1n) is 11.1. The maximum absolute atomic E-state index is 13.0. The Labute approximate surface area is 195 Å². The van der Waals surface area contributed by atoms with E-state index in [2.05, 4.69) is 19.2 Å². The maximum atomic E-state index is 13.0. The van der Waals surface area contributed by atoms with Crippen LogP contribution in [0.4, 0.5) is 10.5 Å². The van der Waals surface area contributed by atoms with Gasteiger partial charge in [-0.25, -0.2) is 4.79 Å². The fourth-order valence-electron chi connectivity index (χ4n) is 4.01. The Bertz CT molecular complexity index is 961. The lowest BCUT2D eigenvalue weighted by Crippen LogP contribution is -2.59. The molecule has 1 N–H and O–H groups in total. The molecule has 0 aliphatic carbocycles. The molecule has 33 heavy (non-hydrogen) atoms. The van der Waals surface area contributed by atoms with Crippen molar-refractivity contribution < 1.29 is 23.8 Å². The van der Waals surface area contributed by atoms with Crippen LogP contribution in [0.1, 0.15) is 19.4 Å². The lowest BCUT2D eigenvalue weighted by atomic mass is 9.99. The van der Waals surface area contributed by atoms with E-state index in [0.29, 0.717) is 36.8 Å². The van der Waals surface area contributed by atoms with E-state index in [4.69, 9.17) is 14.2 Å². The molecular weight excluding hydrogens is 422 g/mol. The number of amides is 3. The Morgan fingerprint density at radius 2 is 1.67 bits per heavy atom. The standard InChI is InChI=1S/C25H33N3O5/c1-17(2)21-16-27(24(29)15-18-6-11-22(32-4)23(14-18)33-5)12-13-28(21)25(30)26-19-7-9-20(31-3)10-8-19/h6-11,14,17,21H,12-13,15-16H2,1-5H3,(H,26,30). The molecule has 0 saturated carbocycles. The van der Waals surface area contributed by atoms with Crippen molar-refractivity contribution in [3.8, 4) is 17.2 Å². The molecule has 0 bridgehead atoms. The number of carbonyl (C=O) groups is 2. The number of nitrogens with zero attached hydrogens (tertiary/aromatic N) is 2. The van der Waals surface area contributed by atoms with Crippen molar-refractivity contribution in [2.45, 2.75) is 26.3 Å². The van der Waals surface area contributed by atoms with Crippen molar-refractivity contribution in [1.82, 2.24) is 9.80 Å². The molecule has 8 heteroatoms. The van der Waals surface area contributed by atoms with Crippen LogP contribution < -0.4 is 19.5 Å². The van der Waals surface area contributed by atoms with Crippen LogP contribution in [0.2, 0.25) is 0 Å². The summed E-state index contributed by atoms with van der Waals surface area (Å²) in [6, 6.07) is 12.5. The number of anilines is 1. The Kier molecular flexibility index (Phi) is 8.03. The van der Waals surface area contributed by atoms with Crippen molar-refractivity contribution in [1.29, 1.82) is 0 Å². The van der Waals surface area contributed by atoms with Gasteiger partial charge in [0.25, 0.3) is 0 Å². The normalized spacial score (nSPS) is 15.9. The van der Waals surface area contributed by atoms with Crippen molar-refractivity contribution in [3.63, 3.8) is 0 Å². The number of hydrogen-bond donors (Lipinski definition) is 1. The largest absolute Gasteiger partial charge is 0.497 e.